The van der Waals surface area contributed by atoms with Gasteiger partial charge in [0.25, 0.3) is 0 Å². The highest BCUT2D eigenvalue weighted by molar-refractivity contribution is 5.25. The van der Waals surface area contributed by atoms with Gasteiger partial charge in [0.1, 0.15) is 0 Å². The van der Waals surface area contributed by atoms with Gasteiger partial charge in [-0.25, -0.2) is 0 Å². The van der Waals surface area contributed by atoms with Crippen LogP contribution >= 0.6 is 0 Å². The number of hydrogen-bond donors (Lipinski definition) is 2. The molecule has 2 rings (SSSR count). The van der Waals surface area contributed by atoms with Crippen molar-refractivity contribution in [1.29, 1.82) is 0 Å². The molecule has 0 amide bonds. The van der Waals surface area contributed by atoms with Crippen LogP contribution in [0.5, 0.6) is 0 Å². The predicted molar refractivity (Wildman–Crippen MR) is 78.9 cm³/mol. The predicted octanol–water partition coefficient (Wildman–Crippen LogP) is 2.61. The molecule has 0 bridgehead atoms. The van der Waals surface area contributed by atoms with Gasteiger partial charge in [0, 0.05) is 18.6 Å². The first-order valence-electron chi connectivity index (χ1n) is 7.28. The Morgan fingerprint density at radius 1 is 1.32 bits per heavy atom. The number of hydrogen-bond acceptors (Lipinski definition) is 3. The average Bonchev–Trinajstić information content (AvgIpc) is 2.83. The SMILES string of the molecule is CC(C)c1ccc(CC(NN)C2CCOC2C)cc1. The molecule has 3 N–H and O–H groups in total. The Kier molecular flexibility index (Phi) is 4.97. The van der Waals surface area contributed by atoms with Crippen molar-refractivity contribution in [2.24, 2.45) is 11.8 Å². The highest BCUT2D eigenvalue weighted by Crippen LogP contribution is 2.26. The van der Waals surface area contributed by atoms with E-state index in [9.17, 15) is 0 Å². The van der Waals surface area contributed by atoms with Crippen molar-refractivity contribution >= 4 is 0 Å². The molecule has 0 saturated carbocycles. The molecule has 106 valence electrons. The molecule has 1 fully saturated rings. The Hall–Kier alpha value is -0.900. The highest BCUT2D eigenvalue weighted by atomic mass is 16.5. The van der Waals surface area contributed by atoms with Gasteiger partial charge in [-0.05, 0) is 36.8 Å². The molecule has 1 aromatic rings. The molecule has 3 nitrogen and oxygen atoms in total. The van der Waals surface area contributed by atoms with E-state index in [2.05, 4.69) is 50.5 Å². The van der Waals surface area contributed by atoms with E-state index in [0.29, 0.717) is 24.0 Å². The highest BCUT2D eigenvalue weighted by Gasteiger charge is 2.31. The van der Waals surface area contributed by atoms with Crippen LogP contribution in [0.2, 0.25) is 0 Å². The monoisotopic (exact) mass is 262 g/mol. The topological polar surface area (TPSA) is 47.3 Å². The molecule has 1 aliphatic heterocycles. The summed E-state index contributed by atoms with van der Waals surface area (Å²) in [6, 6.07) is 9.19. The zero-order valence-corrected chi connectivity index (χ0v) is 12.2. The number of ether oxygens (including phenoxy) is 1. The van der Waals surface area contributed by atoms with Gasteiger partial charge in [-0.15, -0.1) is 0 Å². The summed E-state index contributed by atoms with van der Waals surface area (Å²) in [7, 11) is 0. The van der Waals surface area contributed by atoms with E-state index in [1.54, 1.807) is 0 Å². The van der Waals surface area contributed by atoms with Crippen LogP contribution < -0.4 is 11.3 Å². The van der Waals surface area contributed by atoms with E-state index in [0.717, 1.165) is 19.4 Å². The molecule has 1 aromatic carbocycles. The molecule has 3 unspecified atom stereocenters. The first-order chi connectivity index (χ1) is 9.11. The fraction of sp³-hybridized carbons (Fsp3) is 0.625. The van der Waals surface area contributed by atoms with Crippen molar-refractivity contribution in [1.82, 2.24) is 5.43 Å². The van der Waals surface area contributed by atoms with Crippen LogP contribution in [-0.4, -0.2) is 18.8 Å². The number of nitrogens with two attached hydrogens (primary N) is 1. The molecule has 3 atom stereocenters. The van der Waals surface area contributed by atoms with Crippen molar-refractivity contribution in [3.05, 3.63) is 35.4 Å². The van der Waals surface area contributed by atoms with Gasteiger partial charge in [0.15, 0.2) is 0 Å². The maximum Gasteiger partial charge on any atom is 0.0591 e. The molecule has 0 spiro atoms. The van der Waals surface area contributed by atoms with Gasteiger partial charge < -0.3 is 4.74 Å². The standard InChI is InChI=1S/C16H26N2O/c1-11(2)14-6-4-13(5-7-14)10-16(18-17)15-8-9-19-12(15)3/h4-7,11-12,15-16,18H,8-10,17H2,1-3H3. The van der Waals surface area contributed by atoms with Crippen molar-refractivity contribution < 1.29 is 4.74 Å². The Morgan fingerprint density at radius 2 is 2.00 bits per heavy atom. The molecular weight excluding hydrogens is 236 g/mol. The molecule has 0 aliphatic carbocycles. The smallest absolute Gasteiger partial charge is 0.0591 e. The minimum absolute atomic E-state index is 0.294. The van der Waals surface area contributed by atoms with E-state index in [4.69, 9.17) is 10.6 Å². The second-order valence-corrected chi connectivity index (χ2v) is 5.90. The van der Waals surface area contributed by atoms with E-state index in [1.807, 2.05) is 0 Å². The summed E-state index contributed by atoms with van der Waals surface area (Å²) in [5.74, 6) is 6.83. The van der Waals surface area contributed by atoms with Gasteiger partial charge in [0.05, 0.1) is 6.10 Å². The molecule has 1 heterocycles. The lowest BCUT2D eigenvalue weighted by Crippen LogP contribution is -2.44. The van der Waals surface area contributed by atoms with Crippen molar-refractivity contribution in [3.63, 3.8) is 0 Å². The third kappa shape index (κ3) is 3.56. The molecule has 1 saturated heterocycles. The lowest BCUT2D eigenvalue weighted by molar-refractivity contribution is 0.0954. The zero-order valence-electron chi connectivity index (χ0n) is 12.2. The normalized spacial score (nSPS) is 24.9. The first kappa shape index (κ1) is 14.5. The van der Waals surface area contributed by atoms with Gasteiger partial charge >= 0.3 is 0 Å². The summed E-state index contributed by atoms with van der Waals surface area (Å²) >= 11 is 0. The maximum absolute atomic E-state index is 5.74. The van der Waals surface area contributed by atoms with Gasteiger partial charge in [-0.1, -0.05) is 38.1 Å². The van der Waals surface area contributed by atoms with E-state index < -0.39 is 0 Å². The zero-order chi connectivity index (χ0) is 13.8. The number of hydrazine groups is 1. The van der Waals surface area contributed by atoms with E-state index in [-0.39, 0.29) is 0 Å². The summed E-state index contributed by atoms with van der Waals surface area (Å²) in [6.45, 7) is 7.44. The molecular formula is C16H26N2O. The summed E-state index contributed by atoms with van der Waals surface area (Å²) in [5.41, 5.74) is 5.71. The Labute approximate surface area is 116 Å². The lowest BCUT2D eigenvalue weighted by Gasteiger charge is -2.25. The van der Waals surface area contributed by atoms with Crippen LogP contribution in [0.3, 0.4) is 0 Å². The number of rotatable bonds is 5. The molecule has 19 heavy (non-hydrogen) atoms. The second-order valence-electron chi connectivity index (χ2n) is 5.90. The molecule has 0 aromatic heterocycles. The lowest BCUT2D eigenvalue weighted by atomic mass is 9.89. The Bertz CT molecular complexity index is 388. The van der Waals surface area contributed by atoms with Crippen molar-refractivity contribution in [3.8, 4) is 0 Å². The quantitative estimate of drug-likeness (QED) is 0.633. The third-order valence-corrected chi connectivity index (χ3v) is 4.27. The van der Waals surface area contributed by atoms with Crippen LogP contribution in [0.1, 0.15) is 44.2 Å². The summed E-state index contributed by atoms with van der Waals surface area (Å²) in [6.07, 6.45) is 2.36. The fourth-order valence-electron chi connectivity index (χ4n) is 2.90. The van der Waals surface area contributed by atoms with Crippen LogP contribution in [0.25, 0.3) is 0 Å². The van der Waals surface area contributed by atoms with Crippen LogP contribution in [0.15, 0.2) is 24.3 Å². The van der Waals surface area contributed by atoms with Gasteiger partial charge in [-0.2, -0.15) is 0 Å². The minimum atomic E-state index is 0.294. The van der Waals surface area contributed by atoms with Crippen molar-refractivity contribution in [2.45, 2.75) is 51.7 Å². The molecule has 1 aliphatic rings. The van der Waals surface area contributed by atoms with Gasteiger partial charge in [-0.3, -0.25) is 11.3 Å². The summed E-state index contributed by atoms with van der Waals surface area (Å²) in [5, 5.41) is 0. The number of nitrogens with one attached hydrogen (secondary N) is 1. The third-order valence-electron chi connectivity index (χ3n) is 4.27. The van der Waals surface area contributed by atoms with Crippen LogP contribution in [0.4, 0.5) is 0 Å². The number of benzene rings is 1. The van der Waals surface area contributed by atoms with Crippen LogP contribution in [0, 0.1) is 5.92 Å². The summed E-state index contributed by atoms with van der Waals surface area (Å²) in [4.78, 5) is 0. The summed E-state index contributed by atoms with van der Waals surface area (Å²) < 4.78 is 5.64. The average molecular weight is 262 g/mol. The first-order valence-corrected chi connectivity index (χ1v) is 7.28. The van der Waals surface area contributed by atoms with Gasteiger partial charge in [0.2, 0.25) is 0 Å². The van der Waals surface area contributed by atoms with E-state index >= 15 is 0 Å². The molecule has 3 heteroatoms. The Morgan fingerprint density at radius 3 is 2.47 bits per heavy atom. The van der Waals surface area contributed by atoms with E-state index in [1.165, 1.54) is 11.1 Å². The second kappa shape index (κ2) is 6.51. The van der Waals surface area contributed by atoms with Crippen LogP contribution in [-0.2, 0) is 11.2 Å². The largest absolute Gasteiger partial charge is 0.378 e. The molecule has 0 radical (unpaired) electrons. The Balaban J connectivity index is 2.01. The minimum Gasteiger partial charge on any atom is -0.378 e. The van der Waals surface area contributed by atoms with Crippen molar-refractivity contribution in [2.75, 3.05) is 6.61 Å². The fourth-order valence-corrected chi connectivity index (χ4v) is 2.90. The maximum atomic E-state index is 5.74.